The molecule has 144 valence electrons. The van der Waals surface area contributed by atoms with E-state index in [-0.39, 0.29) is 15.5 Å². The Kier molecular flexibility index (Phi) is 6.04. The molecule has 10 heteroatoms. The first-order valence-corrected chi connectivity index (χ1v) is 10.1. The van der Waals surface area contributed by atoms with Crippen molar-refractivity contribution in [3.63, 3.8) is 0 Å². The summed E-state index contributed by atoms with van der Waals surface area (Å²) in [5.41, 5.74) is 3.58. The average molecular weight is 455 g/mol. The molecule has 0 radical (unpaired) electrons. The minimum atomic E-state index is -1.09. The second kappa shape index (κ2) is 8.32. The first-order valence-electron chi connectivity index (χ1n) is 7.72. The molecular weight excluding hydrogens is 443 g/mol. The second-order valence-corrected chi connectivity index (χ2v) is 8.51. The summed E-state index contributed by atoms with van der Waals surface area (Å²) in [5.74, 6) is -1.54. The van der Waals surface area contributed by atoms with Crippen LogP contribution in [0, 0.1) is 0 Å². The summed E-state index contributed by atoms with van der Waals surface area (Å²) in [6.45, 7) is 1.68. The van der Waals surface area contributed by atoms with Crippen molar-refractivity contribution in [3.05, 3.63) is 61.1 Å². The summed E-state index contributed by atoms with van der Waals surface area (Å²) >= 11 is 14.1. The molecule has 0 aliphatic rings. The van der Waals surface area contributed by atoms with E-state index >= 15 is 0 Å². The molecule has 0 aliphatic heterocycles. The van der Waals surface area contributed by atoms with Gasteiger partial charge >= 0.3 is 5.97 Å². The smallest absolute Gasteiger partial charge is 0.345 e. The fraction of sp³-hybridized carbons (Fsp3) is 0.0556. The first kappa shape index (κ1) is 20.3. The fourth-order valence-electron chi connectivity index (χ4n) is 2.22. The number of halogens is 2. The molecule has 28 heavy (non-hydrogen) atoms. The molecule has 0 unspecified atom stereocenters. The summed E-state index contributed by atoms with van der Waals surface area (Å²) in [7, 11) is 0. The highest BCUT2D eigenvalue weighted by Crippen LogP contribution is 2.39. The third kappa shape index (κ3) is 4.36. The molecular formula is C18H12Cl2N2O4S2. The molecule has 0 fully saturated rings. The van der Waals surface area contributed by atoms with Crippen LogP contribution in [0.5, 0.6) is 5.75 Å². The summed E-state index contributed by atoms with van der Waals surface area (Å²) in [4.78, 5) is 24.5. The van der Waals surface area contributed by atoms with E-state index in [1.54, 1.807) is 31.2 Å². The number of hydrazone groups is 1. The Hall–Kier alpha value is -2.39. The Morgan fingerprint density at radius 1 is 1.00 bits per heavy atom. The molecule has 0 atom stereocenters. The predicted molar refractivity (Wildman–Crippen MR) is 112 cm³/mol. The molecule has 3 N–H and O–H groups in total. The van der Waals surface area contributed by atoms with Crippen LogP contribution in [0.3, 0.4) is 0 Å². The van der Waals surface area contributed by atoms with Crippen LogP contribution in [-0.2, 0) is 0 Å². The molecule has 2 aromatic heterocycles. The van der Waals surface area contributed by atoms with Crippen molar-refractivity contribution in [2.75, 3.05) is 0 Å². The quantitative estimate of drug-likeness (QED) is 0.357. The van der Waals surface area contributed by atoms with E-state index in [1.807, 2.05) is 0 Å². The van der Waals surface area contributed by atoms with Gasteiger partial charge in [0.1, 0.15) is 10.6 Å². The third-order valence-electron chi connectivity index (χ3n) is 3.62. The number of hydrogen-bond donors (Lipinski definition) is 3. The van der Waals surface area contributed by atoms with E-state index < -0.39 is 11.9 Å². The molecule has 6 nitrogen and oxygen atoms in total. The van der Waals surface area contributed by atoms with Crippen molar-refractivity contribution in [2.24, 2.45) is 5.10 Å². The minimum Gasteiger partial charge on any atom is -0.506 e. The number of amides is 1. The highest BCUT2D eigenvalue weighted by molar-refractivity contribution is 7.18. The molecule has 1 aromatic carbocycles. The lowest BCUT2D eigenvalue weighted by molar-refractivity contribution is 0.0702. The SMILES string of the molecule is CC(=NNC(=O)c1ccc(C(=O)O)s1)c1cc(O)c(-c2ccc(Cl)c(Cl)c2)s1. The summed E-state index contributed by atoms with van der Waals surface area (Å²) in [6.07, 6.45) is 0. The molecule has 0 saturated carbocycles. The number of rotatable bonds is 5. The Balaban J connectivity index is 1.78. The van der Waals surface area contributed by atoms with Gasteiger partial charge in [-0.05, 0) is 36.8 Å². The van der Waals surface area contributed by atoms with Crippen molar-refractivity contribution >= 4 is 63.5 Å². The molecule has 0 aliphatic carbocycles. The lowest BCUT2D eigenvalue weighted by Gasteiger charge is -2.01. The number of aromatic carboxylic acids is 1. The number of nitrogens with zero attached hydrogens (tertiary/aromatic N) is 1. The van der Waals surface area contributed by atoms with Crippen molar-refractivity contribution in [1.82, 2.24) is 5.43 Å². The van der Waals surface area contributed by atoms with Gasteiger partial charge in [-0.1, -0.05) is 29.3 Å². The zero-order chi connectivity index (χ0) is 20.4. The van der Waals surface area contributed by atoms with Gasteiger partial charge in [0.15, 0.2) is 0 Å². The number of hydrogen-bond acceptors (Lipinski definition) is 6. The van der Waals surface area contributed by atoms with Crippen molar-refractivity contribution in [3.8, 4) is 16.2 Å². The second-order valence-electron chi connectivity index (χ2n) is 5.56. The number of carboxylic acids is 1. The number of carboxylic acid groups (broad SMARTS) is 1. The molecule has 0 saturated heterocycles. The van der Waals surface area contributed by atoms with E-state index in [9.17, 15) is 14.7 Å². The number of carbonyl (C=O) groups excluding carboxylic acids is 1. The number of nitrogens with one attached hydrogen (secondary N) is 1. The molecule has 3 aromatic rings. The van der Waals surface area contributed by atoms with E-state index in [2.05, 4.69) is 10.5 Å². The molecule has 0 spiro atoms. The standard InChI is InChI=1S/C18H12Cl2N2O4S2/c1-8(21-22-17(24)13-4-5-14(27-13)18(25)26)15-7-12(23)16(28-15)9-2-3-10(19)11(20)6-9/h2-7,23H,1H3,(H,22,24)(H,25,26). The Morgan fingerprint density at radius 2 is 1.71 bits per heavy atom. The van der Waals surface area contributed by atoms with Gasteiger partial charge in [-0.2, -0.15) is 5.10 Å². The largest absolute Gasteiger partial charge is 0.506 e. The van der Waals surface area contributed by atoms with Crippen LogP contribution in [0.1, 0.15) is 31.1 Å². The van der Waals surface area contributed by atoms with Gasteiger partial charge in [-0.25, -0.2) is 10.2 Å². The summed E-state index contributed by atoms with van der Waals surface area (Å²) in [5, 5.41) is 24.0. The lowest BCUT2D eigenvalue weighted by Crippen LogP contribution is -2.17. The van der Waals surface area contributed by atoms with Crippen LogP contribution >= 0.6 is 45.9 Å². The van der Waals surface area contributed by atoms with Crippen LogP contribution in [0.4, 0.5) is 0 Å². The predicted octanol–water partition coefficient (Wildman–Crippen LogP) is 5.34. The third-order valence-corrected chi connectivity index (χ3v) is 6.71. The lowest BCUT2D eigenvalue weighted by atomic mass is 10.2. The number of thiophene rings is 2. The van der Waals surface area contributed by atoms with Gasteiger partial charge in [0.2, 0.25) is 0 Å². The first-order chi connectivity index (χ1) is 13.3. The molecule has 1 amide bonds. The zero-order valence-corrected chi connectivity index (χ0v) is 17.3. The summed E-state index contributed by atoms with van der Waals surface area (Å²) in [6, 6.07) is 9.37. The summed E-state index contributed by atoms with van der Waals surface area (Å²) < 4.78 is 0. The monoisotopic (exact) mass is 454 g/mol. The zero-order valence-electron chi connectivity index (χ0n) is 14.2. The van der Waals surface area contributed by atoms with Crippen molar-refractivity contribution < 1.29 is 19.8 Å². The van der Waals surface area contributed by atoms with Crippen LogP contribution in [0.25, 0.3) is 10.4 Å². The van der Waals surface area contributed by atoms with Gasteiger partial charge in [0.05, 0.1) is 30.4 Å². The minimum absolute atomic E-state index is 0.0589. The highest BCUT2D eigenvalue weighted by Gasteiger charge is 2.15. The number of benzene rings is 1. The van der Waals surface area contributed by atoms with Crippen LogP contribution in [0.2, 0.25) is 10.0 Å². The van der Waals surface area contributed by atoms with E-state index in [0.717, 1.165) is 11.3 Å². The van der Waals surface area contributed by atoms with Crippen LogP contribution in [-0.4, -0.2) is 27.8 Å². The average Bonchev–Trinajstić information content (AvgIpc) is 3.29. The van der Waals surface area contributed by atoms with E-state index in [0.29, 0.717) is 31.1 Å². The maximum Gasteiger partial charge on any atom is 0.345 e. The molecule has 2 heterocycles. The number of aromatic hydroxyl groups is 1. The fourth-order valence-corrected chi connectivity index (χ4v) is 4.25. The van der Waals surface area contributed by atoms with Crippen LogP contribution < -0.4 is 5.43 Å². The molecule has 0 bridgehead atoms. The Morgan fingerprint density at radius 3 is 2.36 bits per heavy atom. The Labute approximate surface area is 177 Å². The van der Waals surface area contributed by atoms with Gasteiger partial charge in [-0.3, -0.25) is 4.79 Å². The van der Waals surface area contributed by atoms with Crippen molar-refractivity contribution in [2.45, 2.75) is 6.92 Å². The van der Waals surface area contributed by atoms with Gasteiger partial charge < -0.3 is 10.2 Å². The number of carbonyl (C=O) groups is 2. The van der Waals surface area contributed by atoms with E-state index in [4.69, 9.17) is 28.3 Å². The maximum absolute atomic E-state index is 12.1. The molecule has 3 rings (SSSR count). The highest BCUT2D eigenvalue weighted by atomic mass is 35.5. The Bertz CT molecular complexity index is 1100. The van der Waals surface area contributed by atoms with Gasteiger partial charge in [-0.15, -0.1) is 22.7 Å². The maximum atomic E-state index is 12.1. The van der Waals surface area contributed by atoms with Gasteiger partial charge in [0.25, 0.3) is 5.91 Å². The van der Waals surface area contributed by atoms with E-state index in [1.165, 1.54) is 23.5 Å². The normalized spacial score (nSPS) is 11.5. The topological polar surface area (TPSA) is 99.0 Å². The van der Waals surface area contributed by atoms with Crippen molar-refractivity contribution in [1.29, 1.82) is 0 Å². The van der Waals surface area contributed by atoms with Gasteiger partial charge in [0, 0.05) is 6.07 Å². The van der Waals surface area contributed by atoms with Crippen LogP contribution in [0.15, 0.2) is 41.5 Å².